The first-order chi connectivity index (χ1) is 13.0. The monoisotopic (exact) mass is 389 g/mol. The zero-order valence-corrected chi connectivity index (χ0v) is 15.4. The largest absolute Gasteiger partial charge is 0.497 e. The van der Waals surface area contributed by atoms with Crippen molar-refractivity contribution >= 4 is 23.4 Å². The molecule has 0 saturated carbocycles. The molecule has 9 nitrogen and oxygen atoms in total. The van der Waals surface area contributed by atoms with E-state index in [9.17, 15) is 4.79 Å². The summed E-state index contributed by atoms with van der Waals surface area (Å²) >= 11 is 5.69. The number of benzene rings is 1. The van der Waals surface area contributed by atoms with Crippen LogP contribution >= 0.6 is 11.6 Å². The minimum atomic E-state index is -0.476. The molecule has 27 heavy (non-hydrogen) atoms. The topological polar surface area (TPSA) is 103 Å². The van der Waals surface area contributed by atoms with Crippen molar-refractivity contribution in [3.63, 3.8) is 0 Å². The molecule has 1 aromatic carbocycles. The number of hydrogen-bond acceptors (Lipinski definition) is 9. The van der Waals surface area contributed by atoms with E-state index in [4.69, 9.17) is 25.6 Å². The van der Waals surface area contributed by atoms with Crippen molar-refractivity contribution in [1.29, 1.82) is 0 Å². The molecule has 0 saturated heterocycles. The van der Waals surface area contributed by atoms with Crippen LogP contribution in [-0.4, -0.2) is 47.0 Å². The molecular weight excluding hydrogens is 374 g/mol. The van der Waals surface area contributed by atoms with E-state index in [1.807, 2.05) is 18.2 Å². The van der Waals surface area contributed by atoms with Gasteiger partial charge in [-0.05, 0) is 24.3 Å². The van der Waals surface area contributed by atoms with Gasteiger partial charge in [-0.2, -0.15) is 4.98 Å². The van der Waals surface area contributed by atoms with Gasteiger partial charge in [-0.25, -0.2) is 0 Å². The van der Waals surface area contributed by atoms with Crippen LogP contribution in [0.2, 0.25) is 5.15 Å². The third kappa shape index (κ3) is 4.91. The van der Waals surface area contributed by atoms with Gasteiger partial charge in [0.2, 0.25) is 5.82 Å². The maximum atomic E-state index is 12.0. The second-order valence-corrected chi connectivity index (χ2v) is 5.86. The van der Waals surface area contributed by atoms with Gasteiger partial charge in [-0.3, -0.25) is 4.79 Å². The van der Waals surface area contributed by atoms with E-state index in [1.165, 1.54) is 0 Å². The predicted molar refractivity (Wildman–Crippen MR) is 96.4 cm³/mol. The Morgan fingerprint density at radius 2 is 2.11 bits per heavy atom. The van der Waals surface area contributed by atoms with E-state index in [1.54, 1.807) is 37.3 Å². The molecule has 0 fully saturated rings. The SMILES string of the molecule is COc1cccc(-c2noc(COC(=O)CN(C)c3ccc(Cl)nn3)n2)c1. The normalized spacial score (nSPS) is 10.5. The number of halogens is 1. The highest BCUT2D eigenvalue weighted by Crippen LogP contribution is 2.21. The van der Waals surface area contributed by atoms with Crippen molar-refractivity contribution in [2.24, 2.45) is 0 Å². The molecule has 2 aromatic heterocycles. The first kappa shape index (κ1) is 18.6. The summed E-state index contributed by atoms with van der Waals surface area (Å²) in [7, 11) is 3.26. The molecule has 10 heteroatoms. The average Bonchev–Trinajstić information content (AvgIpc) is 3.16. The van der Waals surface area contributed by atoms with E-state index >= 15 is 0 Å². The Balaban J connectivity index is 1.54. The van der Waals surface area contributed by atoms with Crippen molar-refractivity contribution in [2.45, 2.75) is 6.61 Å². The average molecular weight is 390 g/mol. The standard InChI is InChI=1S/C17H16ClN5O4/c1-23(14-7-6-13(18)20-21-14)9-16(24)26-10-15-19-17(22-27-15)11-4-3-5-12(8-11)25-2/h3-8H,9-10H2,1-2H3. The van der Waals surface area contributed by atoms with E-state index in [0.717, 1.165) is 5.56 Å². The number of anilines is 1. The molecule has 3 aromatic rings. The van der Waals surface area contributed by atoms with Gasteiger partial charge < -0.3 is 18.9 Å². The fraction of sp³-hybridized carbons (Fsp3) is 0.235. The third-order valence-electron chi connectivity index (χ3n) is 3.53. The Kier molecular flexibility index (Phi) is 5.82. The minimum Gasteiger partial charge on any atom is -0.497 e. The molecule has 2 heterocycles. The van der Waals surface area contributed by atoms with E-state index in [0.29, 0.717) is 17.4 Å². The van der Waals surface area contributed by atoms with E-state index in [-0.39, 0.29) is 24.2 Å². The molecule has 0 aliphatic rings. The van der Waals surface area contributed by atoms with Crippen LogP contribution in [-0.2, 0) is 16.1 Å². The summed E-state index contributed by atoms with van der Waals surface area (Å²) in [6.45, 7) is -0.150. The number of hydrogen-bond donors (Lipinski definition) is 0. The van der Waals surface area contributed by atoms with Gasteiger partial charge >= 0.3 is 5.97 Å². The Bertz CT molecular complexity index is 916. The number of likely N-dealkylation sites (N-methyl/N-ethyl adjacent to an activating group) is 1. The van der Waals surface area contributed by atoms with Crippen LogP contribution < -0.4 is 9.64 Å². The van der Waals surface area contributed by atoms with Gasteiger partial charge in [0.15, 0.2) is 17.6 Å². The van der Waals surface area contributed by atoms with Gasteiger partial charge in [0, 0.05) is 12.6 Å². The molecule has 0 spiro atoms. The Hall–Kier alpha value is -3.20. The molecule has 0 atom stereocenters. The van der Waals surface area contributed by atoms with Crippen LogP contribution in [0.25, 0.3) is 11.4 Å². The lowest BCUT2D eigenvalue weighted by Gasteiger charge is -2.15. The van der Waals surface area contributed by atoms with Crippen molar-refractivity contribution in [3.8, 4) is 17.1 Å². The smallest absolute Gasteiger partial charge is 0.326 e. The van der Waals surface area contributed by atoms with Crippen LogP contribution in [0.4, 0.5) is 5.82 Å². The number of carbonyl (C=O) groups excluding carboxylic acids is 1. The molecule has 3 rings (SSSR count). The molecule has 0 aliphatic carbocycles. The number of carbonyl (C=O) groups is 1. The number of esters is 1. The minimum absolute atomic E-state index is 0.0206. The molecule has 0 radical (unpaired) electrons. The van der Waals surface area contributed by atoms with Crippen molar-refractivity contribution in [1.82, 2.24) is 20.3 Å². The fourth-order valence-electron chi connectivity index (χ4n) is 2.17. The van der Waals surface area contributed by atoms with Gasteiger partial charge in [0.1, 0.15) is 12.3 Å². The Morgan fingerprint density at radius 3 is 2.85 bits per heavy atom. The van der Waals surface area contributed by atoms with Gasteiger partial charge in [-0.1, -0.05) is 28.9 Å². The first-order valence-electron chi connectivity index (χ1n) is 7.88. The van der Waals surface area contributed by atoms with Gasteiger partial charge in [0.25, 0.3) is 5.89 Å². The number of aromatic nitrogens is 4. The maximum absolute atomic E-state index is 12.0. The molecule has 140 valence electrons. The van der Waals surface area contributed by atoms with Crippen molar-refractivity contribution in [3.05, 3.63) is 47.4 Å². The highest BCUT2D eigenvalue weighted by atomic mass is 35.5. The molecule has 0 amide bonds. The molecule has 0 aliphatic heterocycles. The Labute approximate surface area is 159 Å². The number of rotatable bonds is 7. The number of ether oxygens (including phenoxy) is 2. The Morgan fingerprint density at radius 1 is 1.26 bits per heavy atom. The zero-order valence-electron chi connectivity index (χ0n) is 14.6. The highest BCUT2D eigenvalue weighted by Gasteiger charge is 2.14. The summed E-state index contributed by atoms with van der Waals surface area (Å²) in [4.78, 5) is 17.8. The molecular formula is C17H16ClN5O4. The number of nitrogens with zero attached hydrogens (tertiary/aromatic N) is 5. The lowest BCUT2D eigenvalue weighted by atomic mass is 10.2. The summed E-state index contributed by atoms with van der Waals surface area (Å²) in [6.07, 6.45) is 0. The summed E-state index contributed by atoms with van der Waals surface area (Å²) in [5.74, 6) is 1.27. The number of methoxy groups -OCH3 is 1. The molecule has 0 bridgehead atoms. The van der Waals surface area contributed by atoms with Gasteiger partial charge in [0.05, 0.1) is 7.11 Å². The first-order valence-corrected chi connectivity index (χ1v) is 8.26. The van der Waals surface area contributed by atoms with Crippen LogP contribution in [0.1, 0.15) is 5.89 Å². The lowest BCUT2D eigenvalue weighted by Crippen LogP contribution is -2.27. The summed E-state index contributed by atoms with van der Waals surface area (Å²) in [5, 5.41) is 11.8. The predicted octanol–water partition coefficient (Wildman–Crippen LogP) is 2.37. The molecule has 0 N–H and O–H groups in total. The van der Waals surface area contributed by atoms with Crippen LogP contribution in [0, 0.1) is 0 Å². The fourth-order valence-corrected chi connectivity index (χ4v) is 2.27. The van der Waals surface area contributed by atoms with Crippen LogP contribution in [0.3, 0.4) is 0 Å². The van der Waals surface area contributed by atoms with E-state index in [2.05, 4.69) is 20.3 Å². The van der Waals surface area contributed by atoms with Crippen LogP contribution in [0.5, 0.6) is 5.75 Å². The third-order valence-corrected chi connectivity index (χ3v) is 3.73. The maximum Gasteiger partial charge on any atom is 0.326 e. The van der Waals surface area contributed by atoms with Crippen LogP contribution in [0.15, 0.2) is 40.9 Å². The van der Waals surface area contributed by atoms with Gasteiger partial charge in [-0.15, -0.1) is 10.2 Å². The highest BCUT2D eigenvalue weighted by molar-refractivity contribution is 6.29. The van der Waals surface area contributed by atoms with Crippen molar-refractivity contribution < 1.29 is 18.8 Å². The summed E-state index contributed by atoms with van der Waals surface area (Å²) in [5.41, 5.74) is 0.733. The molecule has 0 unspecified atom stereocenters. The zero-order chi connectivity index (χ0) is 19.2. The second kappa shape index (κ2) is 8.45. The summed E-state index contributed by atoms with van der Waals surface area (Å²) < 4.78 is 15.4. The van der Waals surface area contributed by atoms with Crippen molar-refractivity contribution in [2.75, 3.05) is 25.6 Å². The quantitative estimate of drug-likeness (QED) is 0.563. The second-order valence-electron chi connectivity index (χ2n) is 5.47. The summed E-state index contributed by atoms with van der Waals surface area (Å²) in [6, 6.07) is 10.5. The van der Waals surface area contributed by atoms with E-state index < -0.39 is 5.97 Å². The lowest BCUT2D eigenvalue weighted by molar-refractivity contribution is -0.144.